The average Bonchev–Trinajstić information content (AvgIpc) is 3.19. The summed E-state index contributed by atoms with van der Waals surface area (Å²) in [5.74, 6) is -1.18. The van der Waals surface area contributed by atoms with Crippen LogP contribution in [0.15, 0.2) is 43.5 Å². The molecular weight excluding hydrogens is 344 g/mol. The molecule has 0 atom stereocenters. The van der Waals surface area contributed by atoms with E-state index in [9.17, 15) is 22.7 Å². The van der Waals surface area contributed by atoms with E-state index in [0.717, 1.165) is 6.07 Å². The molecule has 132 valence electrons. The molecule has 2 aromatic heterocycles. The molecule has 0 aliphatic rings. The molecule has 0 unspecified atom stereocenters. The van der Waals surface area contributed by atoms with E-state index >= 15 is 0 Å². The van der Waals surface area contributed by atoms with Crippen LogP contribution in [-0.2, 0) is 24.9 Å². The highest BCUT2D eigenvalue weighted by Gasteiger charge is 2.37. The molecule has 0 radical (unpaired) electrons. The minimum atomic E-state index is -4.69. The fourth-order valence-corrected chi connectivity index (χ4v) is 2.45. The summed E-state index contributed by atoms with van der Waals surface area (Å²) in [5, 5.41) is 18.7. The Hall–Kier alpha value is -2.82. The monoisotopic (exact) mass is 356 g/mol. The summed E-state index contributed by atoms with van der Waals surface area (Å²) in [7, 11) is 0. The summed E-state index contributed by atoms with van der Waals surface area (Å²) in [6, 6.07) is 1.97. The van der Waals surface area contributed by atoms with Crippen LogP contribution in [0.3, 0.4) is 0 Å². The van der Waals surface area contributed by atoms with Gasteiger partial charge in [0.2, 0.25) is 0 Å². The zero-order chi connectivity index (χ0) is 18.1. The minimum absolute atomic E-state index is 0.241. The molecular formula is C14H12F4N6O. The van der Waals surface area contributed by atoms with Crippen LogP contribution in [0.5, 0.6) is 0 Å². The normalized spacial score (nSPS) is 12.5. The van der Waals surface area contributed by atoms with Crippen LogP contribution in [0.4, 0.5) is 17.6 Å². The smallest absolute Gasteiger partial charge is 0.381 e. The third kappa shape index (κ3) is 3.65. The van der Waals surface area contributed by atoms with Crippen LogP contribution in [0.2, 0.25) is 0 Å². The van der Waals surface area contributed by atoms with Gasteiger partial charge in [-0.3, -0.25) is 0 Å². The molecule has 0 fully saturated rings. The third-order valence-electron chi connectivity index (χ3n) is 3.58. The van der Waals surface area contributed by atoms with Crippen molar-refractivity contribution in [3.8, 4) is 0 Å². The highest BCUT2D eigenvalue weighted by atomic mass is 19.4. The van der Waals surface area contributed by atoms with Gasteiger partial charge in [0.05, 0.1) is 18.7 Å². The predicted octanol–water partition coefficient (Wildman–Crippen LogP) is 1.62. The second kappa shape index (κ2) is 6.24. The van der Waals surface area contributed by atoms with Gasteiger partial charge in [0.25, 0.3) is 0 Å². The standard InChI is InChI=1S/C14H12F4N6O/c15-12-3-10(14(16,17)18)1-2-11(12)13(25,4-23-8-19-6-21-23)5-24-9-20-7-22-24/h1-3,6-9,25H,4-5H2. The molecule has 0 saturated carbocycles. The minimum Gasteiger partial charge on any atom is -0.381 e. The van der Waals surface area contributed by atoms with E-state index in [2.05, 4.69) is 20.2 Å². The van der Waals surface area contributed by atoms with Crippen molar-refractivity contribution in [2.45, 2.75) is 24.9 Å². The quantitative estimate of drug-likeness (QED) is 0.703. The maximum absolute atomic E-state index is 14.4. The molecule has 0 saturated heterocycles. The summed E-state index contributed by atoms with van der Waals surface area (Å²) in [6.07, 6.45) is 0.357. The van der Waals surface area contributed by atoms with Crippen molar-refractivity contribution in [2.75, 3.05) is 0 Å². The van der Waals surface area contributed by atoms with E-state index in [1.54, 1.807) is 0 Å². The maximum atomic E-state index is 14.4. The molecule has 1 aromatic carbocycles. The summed E-state index contributed by atoms with van der Waals surface area (Å²) in [4.78, 5) is 7.46. The van der Waals surface area contributed by atoms with Gasteiger partial charge in [0.1, 0.15) is 36.7 Å². The van der Waals surface area contributed by atoms with Gasteiger partial charge >= 0.3 is 6.18 Å². The fraction of sp³-hybridized carbons (Fsp3) is 0.286. The van der Waals surface area contributed by atoms with Crippen molar-refractivity contribution in [1.29, 1.82) is 0 Å². The Morgan fingerprint density at radius 1 is 0.960 bits per heavy atom. The van der Waals surface area contributed by atoms with Crippen LogP contribution in [0.1, 0.15) is 11.1 Å². The van der Waals surface area contributed by atoms with Gasteiger partial charge in [0, 0.05) is 5.56 Å². The number of aromatic nitrogens is 6. The van der Waals surface area contributed by atoms with Crippen LogP contribution in [0.25, 0.3) is 0 Å². The van der Waals surface area contributed by atoms with Crippen molar-refractivity contribution in [1.82, 2.24) is 29.5 Å². The van der Waals surface area contributed by atoms with E-state index in [-0.39, 0.29) is 18.7 Å². The van der Waals surface area contributed by atoms with Crippen molar-refractivity contribution >= 4 is 0 Å². The molecule has 0 aliphatic heterocycles. The van der Waals surface area contributed by atoms with Crippen LogP contribution in [-0.4, -0.2) is 34.6 Å². The van der Waals surface area contributed by atoms with E-state index < -0.39 is 23.2 Å². The molecule has 3 aromatic rings. The average molecular weight is 356 g/mol. The van der Waals surface area contributed by atoms with Gasteiger partial charge in [-0.15, -0.1) is 0 Å². The Balaban J connectivity index is 2.01. The fourth-order valence-electron chi connectivity index (χ4n) is 2.45. The second-order valence-corrected chi connectivity index (χ2v) is 5.41. The maximum Gasteiger partial charge on any atom is 0.416 e. The topological polar surface area (TPSA) is 81.6 Å². The number of benzene rings is 1. The third-order valence-corrected chi connectivity index (χ3v) is 3.58. The molecule has 0 spiro atoms. The molecule has 7 nitrogen and oxygen atoms in total. The Labute approximate surface area is 138 Å². The van der Waals surface area contributed by atoms with Crippen molar-refractivity contribution in [2.24, 2.45) is 0 Å². The highest BCUT2D eigenvalue weighted by Crippen LogP contribution is 2.34. The number of hydrogen-bond donors (Lipinski definition) is 1. The number of hydrogen-bond acceptors (Lipinski definition) is 5. The Morgan fingerprint density at radius 3 is 1.92 bits per heavy atom. The second-order valence-electron chi connectivity index (χ2n) is 5.41. The molecule has 0 amide bonds. The van der Waals surface area contributed by atoms with E-state index in [0.29, 0.717) is 12.1 Å². The largest absolute Gasteiger partial charge is 0.416 e. The van der Waals surface area contributed by atoms with E-state index in [1.165, 1.54) is 34.7 Å². The Bertz CT molecular complexity index is 795. The van der Waals surface area contributed by atoms with Crippen LogP contribution >= 0.6 is 0 Å². The lowest BCUT2D eigenvalue weighted by Gasteiger charge is -2.29. The summed E-state index contributed by atoms with van der Waals surface area (Å²) in [6.45, 7) is -0.482. The zero-order valence-corrected chi connectivity index (χ0v) is 12.6. The first-order chi connectivity index (χ1) is 11.8. The first kappa shape index (κ1) is 17.0. The van der Waals surface area contributed by atoms with Gasteiger partial charge < -0.3 is 5.11 Å². The lowest BCUT2D eigenvalue weighted by atomic mass is 9.92. The van der Waals surface area contributed by atoms with Gasteiger partial charge in [-0.1, -0.05) is 6.07 Å². The lowest BCUT2D eigenvalue weighted by Crippen LogP contribution is -2.37. The number of aliphatic hydroxyl groups is 1. The summed E-state index contributed by atoms with van der Waals surface area (Å²) in [5.41, 5.74) is -3.38. The first-order valence-corrected chi connectivity index (χ1v) is 7.02. The van der Waals surface area contributed by atoms with Gasteiger partial charge in [-0.25, -0.2) is 23.7 Å². The van der Waals surface area contributed by atoms with E-state index in [4.69, 9.17) is 0 Å². The Morgan fingerprint density at radius 2 is 1.52 bits per heavy atom. The summed E-state index contributed by atoms with van der Waals surface area (Å²) >= 11 is 0. The SMILES string of the molecule is OC(Cn1cncn1)(Cn1cncn1)c1ccc(C(F)(F)F)cc1F. The summed E-state index contributed by atoms with van der Waals surface area (Å²) < 4.78 is 55.1. The van der Waals surface area contributed by atoms with E-state index in [1.807, 2.05) is 0 Å². The lowest BCUT2D eigenvalue weighted by molar-refractivity contribution is -0.137. The van der Waals surface area contributed by atoms with Gasteiger partial charge in [-0.2, -0.15) is 23.4 Å². The molecule has 0 bridgehead atoms. The molecule has 3 rings (SSSR count). The van der Waals surface area contributed by atoms with Crippen molar-refractivity contribution in [3.63, 3.8) is 0 Å². The predicted molar refractivity (Wildman–Crippen MR) is 75.3 cm³/mol. The molecule has 2 heterocycles. The highest BCUT2D eigenvalue weighted by molar-refractivity contribution is 5.30. The molecule has 0 aliphatic carbocycles. The number of halogens is 4. The first-order valence-electron chi connectivity index (χ1n) is 7.02. The zero-order valence-electron chi connectivity index (χ0n) is 12.6. The van der Waals surface area contributed by atoms with Gasteiger partial charge in [-0.05, 0) is 12.1 Å². The van der Waals surface area contributed by atoms with Crippen LogP contribution < -0.4 is 0 Å². The van der Waals surface area contributed by atoms with Crippen molar-refractivity contribution in [3.05, 3.63) is 60.5 Å². The van der Waals surface area contributed by atoms with Gasteiger partial charge in [0.15, 0.2) is 0 Å². The van der Waals surface area contributed by atoms with Crippen molar-refractivity contribution < 1.29 is 22.7 Å². The van der Waals surface area contributed by atoms with Crippen LogP contribution in [0, 0.1) is 5.82 Å². The molecule has 1 N–H and O–H groups in total. The number of alkyl halides is 3. The molecule has 25 heavy (non-hydrogen) atoms. The number of rotatable bonds is 5. The Kier molecular flexibility index (Phi) is 4.25. The molecule has 11 heteroatoms. The number of nitrogens with zero attached hydrogens (tertiary/aromatic N) is 6.